The van der Waals surface area contributed by atoms with E-state index in [-0.39, 0.29) is 32.6 Å². The number of hydrogen-bond donors (Lipinski definition) is 2. The van der Waals surface area contributed by atoms with Gasteiger partial charge in [0.05, 0.1) is 13.2 Å². The minimum atomic E-state index is -4.38. The molecule has 0 rings (SSSR count). The first-order chi connectivity index (χ1) is 22.8. The Labute approximate surface area is 286 Å². The zero-order valence-electron chi connectivity index (χ0n) is 29.8. The number of esters is 2. The molecule has 0 aromatic heterocycles. The Morgan fingerprint density at radius 3 is 1.68 bits per heavy atom. The lowest BCUT2D eigenvalue weighted by atomic mass is 10.1. The summed E-state index contributed by atoms with van der Waals surface area (Å²) in [6.45, 7) is 3.63. The number of carbonyl (C=O) groups is 2. The summed E-state index contributed by atoms with van der Waals surface area (Å²) in [7, 11) is -4.38. The molecule has 0 bridgehead atoms. The summed E-state index contributed by atoms with van der Waals surface area (Å²) < 4.78 is 32.5. The number of unbranched alkanes of at least 4 members (excludes halogenated alkanes) is 15. The minimum Gasteiger partial charge on any atom is -0.462 e. The van der Waals surface area contributed by atoms with Crippen molar-refractivity contribution in [3.63, 3.8) is 0 Å². The van der Waals surface area contributed by atoms with Crippen LogP contribution >= 0.6 is 7.82 Å². The maximum Gasteiger partial charge on any atom is 0.472 e. The van der Waals surface area contributed by atoms with E-state index in [4.69, 9.17) is 24.3 Å². The van der Waals surface area contributed by atoms with Crippen molar-refractivity contribution < 1.29 is 37.6 Å². The van der Waals surface area contributed by atoms with Crippen LogP contribution in [0.2, 0.25) is 0 Å². The molecule has 0 radical (unpaired) electrons. The molecule has 2 atom stereocenters. The number of hydrogen-bond acceptors (Lipinski definition) is 8. The summed E-state index contributed by atoms with van der Waals surface area (Å²) in [6.07, 6.45) is 34.6. The summed E-state index contributed by atoms with van der Waals surface area (Å²) >= 11 is 0. The normalized spacial score (nSPS) is 13.9. The number of allylic oxidation sites excluding steroid dienone is 6. The molecule has 0 saturated heterocycles. The predicted octanol–water partition coefficient (Wildman–Crippen LogP) is 9.82. The van der Waals surface area contributed by atoms with Gasteiger partial charge in [-0.2, -0.15) is 0 Å². The molecule has 0 heterocycles. The van der Waals surface area contributed by atoms with E-state index in [0.717, 1.165) is 51.4 Å². The molecule has 47 heavy (non-hydrogen) atoms. The van der Waals surface area contributed by atoms with E-state index in [2.05, 4.69) is 50.3 Å². The highest BCUT2D eigenvalue weighted by Gasteiger charge is 2.25. The Kier molecular flexibility index (Phi) is 32.8. The highest BCUT2D eigenvalue weighted by molar-refractivity contribution is 7.47. The first-order valence-corrected chi connectivity index (χ1v) is 20.0. The molecule has 0 fully saturated rings. The van der Waals surface area contributed by atoms with Crippen molar-refractivity contribution >= 4 is 19.8 Å². The van der Waals surface area contributed by atoms with Crippen molar-refractivity contribution in [2.45, 2.75) is 161 Å². The monoisotopic (exact) mass is 685 g/mol. The summed E-state index contributed by atoms with van der Waals surface area (Å²) in [6, 6.07) is 0. The van der Waals surface area contributed by atoms with Gasteiger partial charge < -0.3 is 20.1 Å². The Morgan fingerprint density at radius 2 is 1.11 bits per heavy atom. The maximum atomic E-state index is 12.5. The third-order valence-electron chi connectivity index (χ3n) is 7.53. The standard InChI is InChI=1S/C37H68NO8P/c1-3-5-7-9-11-13-15-16-17-18-20-22-24-26-28-30-37(40)46-35(34-45-47(41,42)44-32-31-38)33-43-36(39)29-27-25-23-21-19-14-12-10-8-6-4-2/h11,13,16-17,20,22,35H,3-10,12,14-15,18-19,21,23-34,38H2,1-2H3,(H,41,42)/b13-11-,17-16-,22-20-/t35-/m1/s1. The Hall–Kier alpha value is -1.77. The van der Waals surface area contributed by atoms with E-state index in [1.54, 1.807) is 0 Å². The van der Waals surface area contributed by atoms with Gasteiger partial charge in [-0.25, -0.2) is 4.57 Å². The molecule has 0 spiro atoms. The van der Waals surface area contributed by atoms with E-state index in [9.17, 15) is 19.0 Å². The first-order valence-electron chi connectivity index (χ1n) is 18.5. The van der Waals surface area contributed by atoms with Gasteiger partial charge in [-0.3, -0.25) is 18.6 Å². The van der Waals surface area contributed by atoms with Crippen LogP contribution in [-0.2, 0) is 32.7 Å². The average molecular weight is 686 g/mol. The zero-order valence-corrected chi connectivity index (χ0v) is 30.7. The molecule has 0 aromatic carbocycles. The van der Waals surface area contributed by atoms with E-state index in [0.29, 0.717) is 6.42 Å². The smallest absolute Gasteiger partial charge is 0.462 e. The SMILES string of the molecule is CCCCC/C=C\C/C=C\C/C=C\CCCCC(=O)O[C@H](COC(=O)CCCCCCCCCCCCC)COP(=O)(O)OCCN. The van der Waals surface area contributed by atoms with Gasteiger partial charge in [-0.1, -0.05) is 127 Å². The van der Waals surface area contributed by atoms with E-state index in [1.165, 1.54) is 70.6 Å². The number of nitrogens with two attached hydrogens (primary N) is 1. The van der Waals surface area contributed by atoms with Crippen molar-refractivity contribution in [3.05, 3.63) is 36.5 Å². The van der Waals surface area contributed by atoms with Crippen molar-refractivity contribution in [2.24, 2.45) is 5.73 Å². The fraction of sp³-hybridized carbons (Fsp3) is 0.784. The fourth-order valence-corrected chi connectivity index (χ4v) is 5.52. The Balaban J connectivity index is 4.33. The molecule has 0 aliphatic carbocycles. The van der Waals surface area contributed by atoms with Crippen LogP contribution < -0.4 is 5.73 Å². The van der Waals surface area contributed by atoms with Crippen LogP contribution in [0.25, 0.3) is 0 Å². The number of phosphoric ester groups is 1. The van der Waals surface area contributed by atoms with Crippen LogP contribution in [0, 0.1) is 0 Å². The molecule has 10 heteroatoms. The minimum absolute atomic E-state index is 0.0473. The number of ether oxygens (including phenoxy) is 2. The lowest BCUT2D eigenvalue weighted by Gasteiger charge is -2.19. The molecule has 0 aliphatic rings. The van der Waals surface area contributed by atoms with E-state index < -0.39 is 32.5 Å². The molecule has 274 valence electrons. The van der Waals surface area contributed by atoms with Crippen LogP contribution in [0.15, 0.2) is 36.5 Å². The first kappa shape index (κ1) is 45.2. The molecule has 9 nitrogen and oxygen atoms in total. The molecular formula is C37H68NO8P. The van der Waals surface area contributed by atoms with Gasteiger partial charge in [-0.15, -0.1) is 0 Å². The number of rotatable bonds is 34. The van der Waals surface area contributed by atoms with Crippen LogP contribution in [0.5, 0.6) is 0 Å². The van der Waals surface area contributed by atoms with E-state index in [1.807, 2.05) is 0 Å². The van der Waals surface area contributed by atoms with Crippen LogP contribution in [0.1, 0.15) is 155 Å². The lowest BCUT2D eigenvalue weighted by molar-refractivity contribution is -0.161. The molecule has 0 aliphatic heterocycles. The van der Waals surface area contributed by atoms with Gasteiger partial charge >= 0.3 is 19.8 Å². The molecule has 1 unspecified atom stereocenters. The predicted molar refractivity (Wildman–Crippen MR) is 192 cm³/mol. The summed E-state index contributed by atoms with van der Waals surface area (Å²) in [4.78, 5) is 34.6. The molecular weight excluding hydrogens is 617 g/mol. The van der Waals surface area contributed by atoms with Crippen molar-refractivity contribution in [3.8, 4) is 0 Å². The Bertz CT molecular complexity index is 876. The van der Waals surface area contributed by atoms with Crippen molar-refractivity contribution in [1.29, 1.82) is 0 Å². The zero-order chi connectivity index (χ0) is 34.7. The van der Waals surface area contributed by atoms with Gasteiger partial charge in [-0.05, 0) is 51.4 Å². The van der Waals surface area contributed by atoms with Gasteiger partial charge in [0, 0.05) is 19.4 Å². The van der Waals surface area contributed by atoms with E-state index >= 15 is 0 Å². The summed E-state index contributed by atoms with van der Waals surface area (Å²) in [5.74, 6) is -0.876. The fourth-order valence-electron chi connectivity index (χ4n) is 4.76. The van der Waals surface area contributed by atoms with Crippen molar-refractivity contribution in [2.75, 3.05) is 26.4 Å². The number of carbonyl (C=O) groups excluding carboxylic acids is 2. The van der Waals surface area contributed by atoms with Crippen LogP contribution in [0.3, 0.4) is 0 Å². The molecule has 0 saturated carbocycles. The second-order valence-corrected chi connectivity index (χ2v) is 13.5. The quantitative estimate of drug-likeness (QED) is 0.0294. The van der Waals surface area contributed by atoms with Gasteiger partial charge in [0.25, 0.3) is 0 Å². The van der Waals surface area contributed by atoms with Gasteiger partial charge in [0.1, 0.15) is 6.61 Å². The van der Waals surface area contributed by atoms with Gasteiger partial charge in [0.15, 0.2) is 6.10 Å². The second kappa shape index (κ2) is 34.1. The largest absolute Gasteiger partial charge is 0.472 e. The summed E-state index contributed by atoms with van der Waals surface area (Å²) in [5.41, 5.74) is 5.32. The second-order valence-electron chi connectivity index (χ2n) is 12.1. The maximum absolute atomic E-state index is 12.5. The lowest BCUT2D eigenvalue weighted by Crippen LogP contribution is -2.29. The topological polar surface area (TPSA) is 134 Å². The Morgan fingerprint density at radius 1 is 0.638 bits per heavy atom. The van der Waals surface area contributed by atoms with Gasteiger partial charge in [0.2, 0.25) is 0 Å². The molecule has 0 amide bonds. The third-order valence-corrected chi connectivity index (χ3v) is 8.51. The summed E-state index contributed by atoms with van der Waals surface area (Å²) in [5, 5.41) is 0. The van der Waals surface area contributed by atoms with Crippen molar-refractivity contribution in [1.82, 2.24) is 0 Å². The highest BCUT2D eigenvalue weighted by atomic mass is 31.2. The van der Waals surface area contributed by atoms with Crippen LogP contribution in [-0.4, -0.2) is 49.3 Å². The van der Waals surface area contributed by atoms with Crippen LogP contribution in [0.4, 0.5) is 0 Å². The highest BCUT2D eigenvalue weighted by Crippen LogP contribution is 2.43. The third kappa shape index (κ3) is 33.9. The average Bonchev–Trinajstić information content (AvgIpc) is 3.05. The number of phosphoric acid groups is 1. The molecule has 3 N–H and O–H groups in total. The molecule has 0 aromatic rings.